The zero-order chi connectivity index (χ0) is 30.4. The summed E-state index contributed by atoms with van der Waals surface area (Å²) in [6, 6.07) is 0. The van der Waals surface area contributed by atoms with Crippen LogP contribution >= 0.6 is 0 Å². The van der Waals surface area contributed by atoms with E-state index < -0.39 is 0 Å². The monoisotopic (exact) mass is 531 g/mol. The lowest BCUT2D eigenvalue weighted by molar-refractivity contribution is 0.393. The molecule has 0 N–H and O–H groups in total. The minimum Gasteiger partial charge on any atom is -0.103 e. The molecule has 0 heterocycles. The van der Waals surface area contributed by atoms with Crippen LogP contribution in [0, 0.1) is 5.92 Å². The Labute approximate surface area is 243 Å². The molecular weight excluding hydrogens is 444 g/mol. The molecular formula is C37H86. The van der Waals surface area contributed by atoms with Crippen LogP contribution in [-0.4, -0.2) is 0 Å². The molecule has 0 saturated carbocycles. The van der Waals surface area contributed by atoms with E-state index in [-0.39, 0.29) is 0 Å². The molecule has 0 fully saturated rings. The molecule has 0 aromatic heterocycles. The molecule has 0 nitrogen and oxygen atoms in total. The lowest BCUT2D eigenvalue weighted by atomic mass is 9.92. The Bertz CT molecular complexity index is 236. The molecule has 0 aliphatic rings. The van der Waals surface area contributed by atoms with E-state index in [1.807, 2.05) is 20.8 Å². The highest BCUT2D eigenvalue weighted by Crippen LogP contribution is 2.21. The molecule has 0 aromatic carbocycles. The van der Waals surface area contributed by atoms with Gasteiger partial charge in [0.2, 0.25) is 0 Å². The van der Waals surface area contributed by atoms with Gasteiger partial charge >= 0.3 is 0 Å². The van der Waals surface area contributed by atoms with Crippen LogP contribution in [0.25, 0.3) is 0 Å². The van der Waals surface area contributed by atoms with Crippen molar-refractivity contribution >= 4 is 0 Å². The first-order valence-corrected chi connectivity index (χ1v) is 17.5. The van der Waals surface area contributed by atoms with E-state index in [4.69, 9.17) is 0 Å². The molecule has 234 valence electrons. The molecule has 0 aromatic rings. The van der Waals surface area contributed by atoms with Crippen molar-refractivity contribution in [3.63, 3.8) is 0 Å². The molecule has 0 spiro atoms. The number of rotatable bonds is 16. The SMILES string of the molecule is C=CC.CC.CCC.CCC.CCC.CCCCC.CCCCCCCCC(CC)CCCCCCC. The number of hydrogen-bond acceptors (Lipinski definition) is 0. The quantitative estimate of drug-likeness (QED) is 0.137. The zero-order valence-corrected chi connectivity index (χ0v) is 30.0. The Morgan fingerprint density at radius 2 is 0.649 bits per heavy atom. The Hall–Kier alpha value is -0.260. The topological polar surface area (TPSA) is 0 Å². The second-order valence-corrected chi connectivity index (χ2v) is 9.92. The third-order valence-electron chi connectivity index (χ3n) is 4.97. The normalized spacial score (nSPS) is 9.35. The molecule has 0 amide bonds. The van der Waals surface area contributed by atoms with Crippen LogP contribution in [0.2, 0.25) is 0 Å². The number of allylic oxidation sites excluding steroid dienone is 1. The first-order chi connectivity index (χ1) is 17.9. The first kappa shape index (κ1) is 53.1. The summed E-state index contributed by atoms with van der Waals surface area (Å²) in [6.07, 6.45) is 29.9. The van der Waals surface area contributed by atoms with Gasteiger partial charge in [-0.2, -0.15) is 0 Å². The highest BCUT2D eigenvalue weighted by molar-refractivity contribution is 4.59. The summed E-state index contributed by atoms with van der Waals surface area (Å²) in [7, 11) is 0. The van der Waals surface area contributed by atoms with Crippen molar-refractivity contribution in [3.8, 4) is 0 Å². The molecule has 0 rings (SSSR count). The van der Waals surface area contributed by atoms with Crippen molar-refractivity contribution in [1.29, 1.82) is 0 Å². The van der Waals surface area contributed by atoms with Crippen LogP contribution < -0.4 is 0 Å². The van der Waals surface area contributed by atoms with Crippen LogP contribution in [-0.2, 0) is 0 Å². The summed E-state index contributed by atoms with van der Waals surface area (Å²) in [4.78, 5) is 0. The van der Waals surface area contributed by atoms with E-state index in [1.54, 1.807) is 6.08 Å². The van der Waals surface area contributed by atoms with Crippen molar-refractivity contribution in [3.05, 3.63) is 12.7 Å². The summed E-state index contributed by atoms with van der Waals surface area (Å²) in [6.45, 7) is 33.4. The fourth-order valence-electron chi connectivity index (χ4n) is 3.16. The average molecular weight is 531 g/mol. The minimum atomic E-state index is 1.03. The third-order valence-corrected chi connectivity index (χ3v) is 4.97. The van der Waals surface area contributed by atoms with E-state index in [1.165, 1.54) is 128 Å². The van der Waals surface area contributed by atoms with E-state index in [2.05, 4.69) is 82.7 Å². The van der Waals surface area contributed by atoms with E-state index >= 15 is 0 Å². The molecule has 37 heavy (non-hydrogen) atoms. The Morgan fingerprint density at radius 3 is 0.838 bits per heavy atom. The maximum atomic E-state index is 3.36. The fraction of sp³-hybridized carbons (Fsp3) is 0.946. The third kappa shape index (κ3) is 116. The molecule has 0 aliphatic heterocycles. The van der Waals surface area contributed by atoms with Gasteiger partial charge < -0.3 is 0 Å². The molecule has 0 radical (unpaired) electrons. The van der Waals surface area contributed by atoms with E-state index in [9.17, 15) is 0 Å². The molecule has 1 unspecified atom stereocenters. The Kier molecular flexibility index (Phi) is 110. The Morgan fingerprint density at radius 1 is 0.432 bits per heavy atom. The fourth-order valence-corrected chi connectivity index (χ4v) is 3.16. The number of unbranched alkanes of at least 4 members (excludes halogenated alkanes) is 11. The standard InChI is InChI=1S/C18H38.C5H12.3C3H8.C3H6.C2H6/c1-4-7-9-11-13-15-17-18(6-3)16-14-12-10-8-5-2;1-3-5-4-2;4*1-3-2;1-2/h18H,4-17H2,1-3H3;3-5H2,1-2H3;3*3H2,1-2H3;3H,1H2,2H3;1-2H3. The molecule has 1 atom stereocenters. The van der Waals surface area contributed by atoms with Crippen molar-refractivity contribution in [2.75, 3.05) is 0 Å². The summed E-state index contributed by atoms with van der Waals surface area (Å²) in [5.74, 6) is 1.03. The van der Waals surface area contributed by atoms with Crippen molar-refractivity contribution in [2.45, 2.75) is 225 Å². The van der Waals surface area contributed by atoms with Crippen LogP contribution in [0.15, 0.2) is 12.7 Å². The van der Waals surface area contributed by atoms with Crippen molar-refractivity contribution < 1.29 is 0 Å². The van der Waals surface area contributed by atoms with Crippen LogP contribution in [0.3, 0.4) is 0 Å². The first-order valence-electron chi connectivity index (χ1n) is 17.5. The van der Waals surface area contributed by atoms with Gasteiger partial charge in [0, 0.05) is 0 Å². The van der Waals surface area contributed by atoms with Gasteiger partial charge in [-0.25, -0.2) is 0 Å². The molecule has 0 bridgehead atoms. The largest absolute Gasteiger partial charge is 0.103 e. The lowest BCUT2D eigenvalue weighted by Crippen LogP contribution is -1.99. The molecule has 0 heteroatoms. The summed E-state index contributed by atoms with van der Waals surface area (Å²) in [5.41, 5.74) is 0. The van der Waals surface area contributed by atoms with Gasteiger partial charge in [0.1, 0.15) is 0 Å². The molecule has 0 aliphatic carbocycles. The summed E-state index contributed by atoms with van der Waals surface area (Å²) >= 11 is 0. The number of hydrogen-bond donors (Lipinski definition) is 0. The maximum absolute atomic E-state index is 3.36. The van der Waals surface area contributed by atoms with Gasteiger partial charge in [-0.1, -0.05) is 225 Å². The van der Waals surface area contributed by atoms with Crippen LogP contribution in [0.4, 0.5) is 0 Å². The van der Waals surface area contributed by atoms with Crippen molar-refractivity contribution in [2.24, 2.45) is 5.92 Å². The van der Waals surface area contributed by atoms with Crippen LogP contribution in [0.1, 0.15) is 225 Å². The van der Waals surface area contributed by atoms with Gasteiger partial charge in [-0.05, 0) is 12.8 Å². The average Bonchev–Trinajstić information content (AvgIpc) is 2.89. The molecule has 0 saturated heterocycles. The second-order valence-electron chi connectivity index (χ2n) is 9.92. The minimum absolute atomic E-state index is 1.03. The predicted molar refractivity (Wildman–Crippen MR) is 185 cm³/mol. The lowest BCUT2D eigenvalue weighted by Gasteiger charge is -2.14. The van der Waals surface area contributed by atoms with Gasteiger partial charge in [0.15, 0.2) is 0 Å². The van der Waals surface area contributed by atoms with Gasteiger partial charge in [-0.3, -0.25) is 0 Å². The highest BCUT2D eigenvalue weighted by Gasteiger charge is 2.05. The van der Waals surface area contributed by atoms with Gasteiger partial charge in [-0.15, -0.1) is 6.58 Å². The van der Waals surface area contributed by atoms with Crippen LogP contribution in [0.5, 0.6) is 0 Å². The zero-order valence-electron chi connectivity index (χ0n) is 30.0. The Balaban J connectivity index is -0.0000000770. The van der Waals surface area contributed by atoms with E-state index in [0.717, 1.165) is 5.92 Å². The maximum Gasteiger partial charge on any atom is -0.0417 e. The van der Waals surface area contributed by atoms with Gasteiger partial charge in [0.05, 0.1) is 0 Å². The smallest absolute Gasteiger partial charge is 0.0417 e. The predicted octanol–water partition coefficient (Wildman–Crippen LogP) is 15.8. The van der Waals surface area contributed by atoms with E-state index in [0.29, 0.717) is 0 Å². The highest BCUT2D eigenvalue weighted by atomic mass is 14.1. The second kappa shape index (κ2) is 76.5. The van der Waals surface area contributed by atoms with Crippen molar-refractivity contribution in [1.82, 2.24) is 0 Å². The summed E-state index contributed by atoms with van der Waals surface area (Å²) < 4.78 is 0. The summed E-state index contributed by atoms with van der Waals surface area (Å²) in [5, 5.41) is 0. The van der Waals surface area contributed by atoms with Gasteiger partial charge in [0.25, 0.3) is 0 Å².